The number of fused-ring (bicyclic) bond motifs is 2. The molecule has 4 heteroatoms. The van der Waals surface area contributed by atoms with Crippen molar-refractivity contribution in [1.82, 2.24) is 14.9 Å². The highest BCUT2D eigenvalue weighted by Crippen LogP contribution is 2.44. The molecule has 1 atom stereocenters. The zero-order valence-electron chi connectivity index (χ0n) is 15.4. The summed E-state index contributed by atoms with van der Waals surface area (Å²) in [5.41, 5.74) is 4.79. The van der Waals surface area contributed by atoms with E-state index < -0.39 is 0 Å². The minimum absolute atomic E-state index is 0.112. The van der Waals surface area contributed by atoms with Gasteiger partial charge in [-0.1, -0.05) is 49.8 Å². The molecule has 1 aliphatic carbocycles. The molecule has 1 N–H and O–H groups in total. The lowest BCUT2D eigenvalue weighted by atomic mass is 9.65. The lowest BCUT2D eigenvalue weighted by molar-refractivity contribution is 0.165. The SMILES string of the molecule is CC.CN1CCC2=Cc3[nH]c(=O)ncc3CC2(Cc2ccccc2)C1. The molecule has 4 nitrogen and oxygen atoms in total. The molecular weight excluding hydrogens is 310 g/mol. The van der Waals surface area contributed by atoms with Crippen LogP contribution < -0.4 is 5.69 Å². The Morgan fingerprint density at radius 1 is 1.24 bits per heavy atom. The molecule has 1 unspecified atom stereocenters. The summed E-state index contributed by atoms with van der Waals surface area (Å²) in [5.74, 6) is 0. The largest absolute Gasteiger partial charge is 0.345 e. The van der Waals surface area contributed by atoms with E-state index in [1.54, 1.807) is 6.20 Å². The first-order valence-electron chi connectivity index (χ1n) is 9.16. The van der Waals surface area contributed by atoms with Crippen LogP contribution >= 0.6 is 0 Å². The molecule has 25 heavy (non-hydrogen) atoms. The van der Waals surface area contributed by atoms with Gasteiger partial charge in [-0.05, 0) is 43.5 Å². The highest BCUT2D eigenvalue weighted by atomic mass is 16.1. The first-order valence-corrected chi connectivity index (χ1v) is 9.16. The molecule has 1 saturated heterocycles. The zero-order chi connectivity index (χ0) is 17.9. The van der Waals surface area contributed by atoms with Crippen LogP contribution in [0.25, 0.3) is 6.08 Å². The summed E-state index contributed by atoms with van der Waals surface area (Å²) in [4.78, 5) is 20.8. The number of hydrogen-bond donors (Lipinski definition) is 1. The van der Waals surface area contributed by atoms with Crippen LogP contribution in [0.3, 0.4) is 0 Å². The van der Waals surface area contributed by atoms with Crippen LogP contribution in [0.5, 0.6) is 0 Å². The van der Waals surface area contributed by atoms with Gasteiger partial charge in [0, 0.05) is 30.4 Å². The minimum Gasteiger partial charge on any atom is -0.306 e. The quantitative estimate of drug-likeness (QED) is 0.915. The molecule has 4 rings (SSSR count). The van der Waals surface area contributed by atoms with Crippen LogP contribution in [0.15, 0.2) is 46.9 Å². The first kappa shape index (κ1) is 17.6. The van der Waals surface area contributed by atoms with E-state index in [-0.39, 0.29) is 11.1 Å². The summed E-state index contributed by atoms with van der Waals surface area (Å²) in [6.45, 7) is 6.12. The van der Waals surface area contributed by atoms with Crippen molar-refractivity contribution >= 4 is 6.08 Å². The molecule has 0 amide bonds. The van der Waals surface area contributed by atoms with Crippen LogP contribution in [-0.4, -0.2) is 35.0 Å². The Morgan fingerprint density at radius 2 is 2.00 bits per heavy atom. The monoisotopic (exact) mass is 337 g/mol. The average molecular weight is 337 g/mol. The van der Waals surface area contributed by atoms with Crippen molar-refractivity contribution in [3.63, 3.8) is 0 Å². The number of aromatic amines is 1. The molecule has 0 radical (unpaired) electrons. The fourth-order valence-corrected chi connectivity index (χ4v) is 4.13. The van der Waals surface area contributed by atoms with E-state index in [0.717, 1.165) is 43.6 Å². The van der Waals surface area contributed by atoms with Gasteiger partial charge in [0.1, 0.15) is 0 Å². The van der Waals surface area contributed by atoms with Crippen molar-refractivity contribution in [1.29, 1.82) is 0 Å². The molecule has 1 aliphatic heterocycles. The van der Waals surface area contributed by atoms with Gasteiger partial charge in [0.2, 0.25) is 0 Å². The van der Waals surface area contributed by atoms with Crippen molar-refractivity contribution in [2.75, 3.05) is 20.1 Å². The molecule has 1 fully saturated rings. The van der Waals surface area contributed by atoms with Gasteiger partial charge in [0.15, 0.2) is 0 Å². The van der Waals surface area contributed by atoms with Gasteiger partial charge in [0.25, 0.3) is 0 Å². The normalized spacial score (nSPS) is 22.1. The van der Waals surface area contributed by atoms with E-state index in [9.17, 15) is 4.79 Å². The van der Waals surface area contributed by atoms with Crippen LogP contribution in [0.1, 0.15) is 37.1 Å². The molecule has 0 spiro atoms. The van der Waals surface area contributed by atoms with Gasteiger partial charge in [-0.3, -0.25) is 0 Å². The molecule has 132 valence electrons. The van der Waals surface area contributed by atoms with Gasteiger partial charge < -0.3 is 9.88 Å². The van der Waals surface area contributed by atoms with Crippen molar-refractivity contribution < 1.29 is 0 Å². The molecule has 2 heterocycles. The maximum Gasteiger partial charge on any atom is 0.345 e. The van der Waals surface area contributed by atoms with E-state index in [4.69, 9.17) is 0 Å². The van der Waals surface area contributed by atoms with Crippen molar-refractivity contribution in [2.24, 2.45) is 5.41 Å². The Balaban J connectivity index is 0.000000880. The topological polar surface area (TPSA) is 49.0 Å². The molecule has 0 bridgehead atoms. The van der Waals surface area contributed by atoms with E-state index in [1.807, 2.05) is 13.8 Å². The van der Waals surface area contributed by atoms with Crippen molar-refractivity contribution in [2.45, 2.75) is 33.1 Å². The van der Waals surface area contributed by atoms with Crippen LogP contribution in [-0.2, 0) is 12.8 Å². The fourth-order valence-electron chi connectivity index (χ4n) is 4.13. The van der Waals surface area contributed by atoms with Crippen molar-refractivity contribution in [3.8, 4) is 0 Å². The third-order valence-corrected chi connectivity index (χ3v) is 5.17. The molecule has 2 aliphatic rings. The summed E-state index contributed by atoms with van der Waals surface area (Å²) in [7, 11) is 2.20. The second kappa shape index (κ2) is 7.36. The summed E-state index contributed by atoms with van der Waals surface area (Å²) < 4.78 is 0. The summed E-state index contributed by atoms with van der Waals surface area (Å²) >= 11 is 0. The Kier molecular flexibility index (Phi) is 5.19. The number of aromatic nitrogens is 2. The summed E-state index contributed by atoms with van der Waals surface area (Å²) in [5, 5.41) is 0. The van der Waals surface area contributed by atoms with Gasteiger partial charge in [0.05, 0.1) is 0 Å². The summed E-state index contributed by atoms with van der Waals surface area (Å²) in [6, 6.07) is 10.7. The number of benzene rings is 1. The predicted octanol–water partition coefficient (Wildman–Crippen LogP) is 3.30. The maximum absolute atomic E-state index is 11.5. The van der Waals surface area contributed by atoms with Gasteiger partial charge in [-0.15, -0.1) is 0 Å². The first-order chi connectivity index (χ1) is 12.1. The number of nitrogens with zero attached hydrogens (tertiary/aromatic N) is 2. The third kappa shape index (κ3) is 3.59. The molecule has 1 aromatic carbocycles. The van der Waals surface area contributed by atoms with E-state index in [0.29, 0.717) is 0 Å². The van der Waals surface area contributed by atoms with E-state index in [2.05, 4.69) is 58.3 Å². The number of rotatable bonds is 2. The molecule has 1 aromatic heterocycles. The van der Waals surface area contributed by atoms with Gasteiger partial charge >= 0.3 is 5.69 Å². The molecular formula is C21H27N3O. The Labute approximate surface area is 149 Å². The highest BCUT2D eigenvalue weighted by molar-refractivity contribution is 5.59. The number of hydrogen-bond acceptors (Lipinski definition) is 3. The standard InChI is InChI=1S/C19H21N3O.C2H6/c1-22-8-7-16-9-17-15(12-20-18(23)21-17)11-19(16,13-22)10-14-5-3-2-4-6-14;1-2/h2-6,9,12H,7-8,10-11,13H2,1H3,(H,20,21,23);1-2H3. The second-order valence-electron chi connectivity index (χ2n) is 6.90. The maximum atomic E-state index is 11.5. The second-order valence-corrected chi connectivity index (χ2v) is 6.90. The number of piperidine rings is 1. The minimum atomic E-state index is -0.260. The lowest BCUT2D eigenvalue weighted by Crippen LogP contribution is -2.47. The van der Waals surface area contributed by atoms with E-state index in [1.165, 1.54) is 11.1 Å². The highest BCUT2D eigenvalue weighted by Gasteiger charge is 2.41. The predicted molar refractivity (Wildman–Crippen MR) is 103 cm³/mol. The van der Waals surface area contributed by atoms with Crippen LogP contribution in [0.4, 0.5) is 0 Å². The smallest absolute Gasteiger partial charge is 0.306 e. The zero-order valence-corrected chi connectivity index (χ0v) is 15.4. The Hall–Kier alpha value is -2.20. The molecule has 2 aromatic rings. The van der Waals surface area contributed by atoms with Crippen LogP contribution in [0, 0.1) is 5.41 Å². The van der Waals surface area contributed by atoms with E-state index >= 15 is 0 Å². The molecule has 0 saturated carbocycles. The Bertz CT molecular complexity index is 809. The average Bonchev–Trinajstić information content (AvgIpc) is 2.62. The Morgan fingerprint density at radius 3 is 2.76 bits per heavy atom. The third-order valence-electron chi connectivity index (χ3n) is 5.17. The number of likely N-dealkylation sites (tertiary alicyclic amines) is 1. The number of nitrogens with one attached hydrogen (secondary N) is 1. The number of H-pyrrole nitrogens is 1. The summed E-state index contributed by atoms with van der Waals surface area (Å²) in [6.07, 6.45) is 6.99. The fraction of sp³-hybridized carbons (Fsp3) is 0.429. The van der Waals surface area contributed by atoms with Crippen molar-refractivity contribution in [3.05, 3.63) is 69.4 Å². The lowest BCUT2D eigenvalue weighted by Gasteiger charge is -2.46. The van der Waals surface area contributed by atoms with Crippen LogP contribution in [0.2, 0.25) is 0 Å². The van der Waals surface area contributed by atoms with Gasteiger partial charge in [-0.2, -0.15) is 0 Å². The van der Waals surface area contributed by atoms with Gasteiger partial charge in [-0.25, -0.2) is 9.78 Å².